The molecule has 1 aromatic rings. The molecule has 84 valence electrons. The first-order chi connectivity index (χ1) is 6.88. The summed E-state index contributed by atoms with van der Waals surface area (Å²) in [6.07, 6.45) is 0. The van der Waals surface area contributed by atoms with E-state index in [1.807, 2.05) is 6.92 Å². The number of benzene rings is 1. The molecule has 0 radical (unpaired) electrons. The van der Waals surface area contributed by atoms with Crippen LogP contribution in [0.5, 0.6) is 0 Å². The summed E-state index contributed by atoms with van der Waals surface area (Å²) < 4.78 is 26.0. The predicted octanol–water partition coefficient (Wildman–Crippen LogP) is 2.26. The van der Waals surface area contributed by atoms with Crippen LogP contribution in [0, 0.1) is 13.8 Å². The molecule has 0 aliphatic carbocycles. The normalized spacial score (nSPS) is 11.7. The summed E-state index contributed by atoms with van der Waals surface area (Å²) in [4.78, 5) is 0.177. The number of hydrogen-bond donors (Lipinski definition) is 1. The molecule has 0 aromatic heterocycles. The van der Waals surface area contributed by atoms with E-state index in [1.165, 1.54) is 0 Å². The van der Waals surface area contributed by atoms with Crippen molar-refractivity contribution in [2.45, 2.75) is 25.7 Å². The highest BCUT2D eigenvalue weighted by atomic mass is 35.5. The van der Waals surface area contributed by atoms with Crippen molar-refractivity contribution in [3.63, 3.8) is 0 Å². The van der Waals surface area contributed by atoms with Crippen molar-refractivity contribution >= 4 is 21.6 Å². The second-order valence-corrected chi connectivity index (χ2v) is 5.51. The van der Waals surface area contributed by atoms with Gasteiger partial charge >= 0.3 is 0 Å². The van der Waals surface area contributed by atoms with Crippen molar-refractivity contribution in [2.75, 3.05) is 6.54 Å². The van der Waals surface area contributed by atoms with Crippen LogP contribution in [0.1, 0.15) is 18.1 Å². The predicted molar refractivity (Wildman–Crippen MR) is 61.8 cm³/mol. The molecule has 3 nitrogen and oxygen atoms in total. The number of hydrogen-bond acceptors (Lipinski definition) is 2. The molecule has 1 N–H and O–H groups in total. The molecule has 0 aliphatic heterocycles. The van der Waals surface area contributed by atoms with E-state index >= 15 is 0 Å². The first-order valence-corrected chi connectivity index (χ1v) is 6.51. The Labute approximate surface area is 95.5 Å². The molecule has 0 amide bonds. The Balaban J connectivity index is 3.38. The van der Waals surface area contributed by atoms with Crippen LogP contribution in [0.25, 0.3) is 0 Å². The maximum absolute atomic E-state index is 11.8. The molecule has 0 heterocycles. The highest BCUT2D eigenvalue weighted by molar-refractivity contribution is 7.89. The molecule has 0 fully saturated rings. The highest BCUT2D eigenvalue weighted by Crippen LogP contribution is 2.26. The lowest BCUT2D eigenvalue weighted by Crippen LogP contribution is -2.24. The van der Waals surface area contributed by atoms with Crippen molar-refractivity contribution in [1.82, 2.24) is 4.72 Å². The third-order valence-corrected chi connectivity index (χ3v) is 4.13. The number of halogens is 1. The van der Waals surface area contributed by atoms with E-state index in [1.54, 1.807) is 26.0 Å². The molecular formula is C10H14ClNO2S. The fourth-order valence-electron chi connectivity index (χ4n) is 1.51. The molecular weight excluding hydrogens is 234 g/mol. The van der Waals surface area contributed by atoms with Gasteiger partial charge in [0.25, 0.3) is 0 Å². The average molecular weight is 248 g/mol. The minimum absolute atomic E-state index is 0.177. The van der Waals surface area contributed by atoms with Gasteiger partial charge in [0.1, 0.15) is 4.90 Å². The fourth-order valence-corrected chi connectivity index (χ4v) is 3.45. The van der Waals surface area contributed by atoms with Crippen LogP contribution in [0.2, 0.25) is 5.02 Å². The van der Waals surface area contributed by atoms with Gasteiger partial charge in [-0.05, 0) is 31.0 Å². The van der Waals surface area contributed by atoms with Crippen molar-refractivity contribution in [1.29, 1.82) is 0 Å². The fraction of sp³-hybridized carbons (Fsp3) is 0.400. The quantitative estimate of drug-likeness (QED) is 0.891. The maximum atomic E-state index is 11.8. The second kappa shape index (κ2) is 4.51. The van der Waals surface area contributed by atoms with E-state index in [2.05, 4.69) is 4.72 Å². The topological polar surface area (TPSA) is 46.2 Å². The summed E-state index contributed by atoms with van der Waals surface area (Å²) in [5.41, 5.74) is 1.62. The molecule has 0 aliphatic rings. The molecule has 0 saturated carbocycles. The van der Waals surface area contributed by atoms with Gasteiger partial charge in [-0.2, -0.15) is 0 Å². The van der Waals surface area contributed by atoms with Crippen molar-refractivity contribution < 1.29 is 8.42 Å². The molecule has 0 atom stereocenters. The van der Waals surface area contributed by atoms with Crippen LogP contribution in [0.3, 0.4) is 0 Å². The SMILES string of the molecule is CCNS(=O)(=O)c1c(C)cc(C)cc1Cl. The zero-order valence-electron chi connectivity index (χ0n) is 8.96. The van der Waals surface area contributed by atoms with Crippen molar-refractivity contribution in [2.24, 2.45) is 0 Å². The number of sulfonamides is 1. The molecule has 15 heavy (non-hydrogen) atoms. The smallest absolute Gasteiger partial charge is 0.211 e. The van der Waals surface area contributed by atoms with Crippen LogP contribution in [-0.2, 0) is 10.0 Å². The second-order valence-electron chi connectivity index (χ2n) is 3.39. The lowest BCUT2D eigenvalue weighted by molar-refractivity contribution is 0.583. The van der Waals surface area contributed by atoms with Crippen molar-refractivity contribution in [3.05, 3.63) is 28.3 Å². The summed E-state index contributed by atoms with van der Waals surface area (Å²) in [6, 6.07) is 3.45. The zero-order valence-corrected chi connectivity index (χ0v) is 10.5. The van der Waals surface area contributed by atoms with Gasteiger partial charge in [-0.15, -0.1) is 0 Å². The number of aryl methyl sites for hydroxylation is 2. The summed E-state index contributed by atoms with van der Waals surface area (Å²) >= 11 is 5.94. The van der Waals surface area contributed by atoms with Gasteiger partial charge in [-0.3, -0.25) is 0 Å². The van der Waals surface area contributed by atoms with Gasteiger partial charge in [0.2, 0.25) is 10.0 Å². The van der Waals surface area contributed by atoms with Crippen molar-refractivity contribution in [3.8, 4) is 0 Å². The van der Waals surface area contributed by atoms with E-state index in [0.717, 1.165) is 5.56 Å². The number of nitrogens with one attached hydrogen (secondary N) is 1. The standard InChI is InChI=1S/C10H14ClNO2S/c1-4-12-15(13,14)10-8(3)5-7(2)6-9(10)11/h5-6,12H,4H2,1-3H3. The average Bonchev–Trinajstić information content (AvgIpc) is 1.99. The Kier molecular flexibility index (Phi) is 3.76. The Bertz CT molecular complexity index is 445. The first kappa shape index (κ1) is 12.5. The zero-order chi connectivity index (χ0) is 11.6. The van der Waals surface area contributed by atoms with E-state index in [9.17, 15) is 8.42 Å². The summed E-state index contributed by atoms with van der Waals surface area (Å²) in [7, 11) is -3.47. The maximum Gasteiger partial charge on any atom is 0.242 e. The van der Waals surface area contributed by atoms with Crippen LogP contribution < -0.4 is 4.72 Å². The summed E-state index contributed by atoms with van der Waals surface area (Å²) in [6.45, 7) is 5.70. The lowest BCUT2D eigenvalue weighted by atomic mass is 10.2. The Hall–Kier alpha value is -0.580. The Morgan fingerprint density at radius 2 is 1.93 bits per heavy atom. The van der Waals surface area contributed by atoms with E-state index < -0.39 is 10.0 Å². The van der Waals surface area contributed by atoms with E-state index in [-0.39, 0.29) is 9.92 Å². The van der Waals surface area contributed by atoms with Gasteiger partial charge in [0.05, 0.1) is 5.02 Å². The monoisotopic (exact) mass is 247 g/mol. The lowest BCUT2D eigenvalue weighted by Gasteiger charge is -2.10. The van der Waals surface area contributed by atoms with E-state index in [4.69, 9.17) is 11.6 Å². The Morgan fingerprint density at radius 1 is 1.33 bits per heavy atom. The van der Waals surface area contributed by atoms with Gasteiger partial charge < -0.3 is 0 Å². The minimum atomic E-state index is -3.47. The third kappa shape index (κ3) is 2.71. The third-order valence-electron chi connectivity index (χ3n) is 1.98. The number of rotatable bonds is 3. The van der Waals surface area contributed by atoms with Gasteiger partial charge in [0, 0.05) is 6.54 Å². The summed E-state index contributed by atoms with van der Waals surface area (Å²) in [5, 5.41) is 0.272. The summed E-state index contributed by atoms with van der Waals surface area (Å²) in [5.74, 6) is 0. The molecule has 1 aromatic carbocycles. The van der Waals surface area contributed by atoms with Crippen LogP contribution >= 0.6 is 11.6 Å². The molecule has 1 rings (SSSR count). The first-order valence-electron chi connectivity index (χ1n) is 4.65. The van der Waals surface area contributed by atoms with Crippen LogP contribution in [-0.4, -0.2) is 15.0 Å². The molecule has 0 saturated heterocycles. The minimum Gasteiger partial charge on any atom is -0.211 e. The van der Waals surface area contributed by atoms with Crippen LogP contribution in [0.15, 0.2) is 17.0 Å². The highest BCUT2D eigenvalue weighted by Gasteiger charge is 2.19. The molecule has 5 heteroatoms. The van der Waals surface area contributed by atoms with E-state index in [0.29, 0.717) is 12.1 Å². The van der Waals surface area contributed by atoms with Gasteiger partial charge in [0.15, 0.2) is 0 Å². The van der Waals surface area contributed by atoms with Gasteiger partial charge in [-0.1, -0.05) is 24.6 Å². The Morgan fingerprint density at radius 3 is 2.40 bits per heavy atom. The molecule has 0 bridgehead atoms. The molecule has 0 unspecified atom stereocenters. The van der Waals surface area contributed by atoms with Crippen LogP contribution in [0.4, 0.5) is 0 Å². The van der Waals surface area contributed by atoms with Gasteiger partial charge in [-0.25, -0.2) is 13.1 Å². The largest absolute Gasteiger partial charge is 0.242 e. The molecule has 0 spiro atoms.